The summed E-state index contributed by atoms with van der Waals surface area (Å²) in [6, 6.07) is 0. The van der Waals surface area contributed by atoms with Crippen molar-refractivity contribution in [2.45, 2.75) is 31.4 Å². The summed E-state index contributed by atoms with van der Waals surface area (Å²) in [6.45, 7) is 1.38. The van der Waals surface area contributed by atoms with E-state index in [1.165, 1.54) is 6.92 Å². The number of nitrogens with two attached hydrogens (primary N) is 1. The highest BCUT2D eigenvalue weighted by molar-refractivity contribution is 5.78. The number of aliphatic carboxylic acids is 1. The maximum Gasteiger partial charge on any atom is 0.326 e. The smallest absolute Gasteiger partial charge is 0.326 e. The minimum Gasteiger partial charge on any atom is -0.480 e. The number of aliphatic hydroxyl groups excluding tert-OH is 1. The second-order valence-corrected chi connectivity index (χ2v) is 4.98. The monoisotopic (exact) mass is 211 g/mol. The third-order valence-corrected chi connectivity index (χ3v) is 3.81. The van der Waals surface area contributed by atoms with E-state index < -0.39 is 17.6 Å². The van der Waals surface area contributed by atoms with Gasteiger partial charge in [-0.15, -0.1) is 0 Å². The highest BCUT2D eigenvalue weighted by atomic mass is 16.4. The molecule has 0 saturated heterocycles. The summed E-state index contributed by atoms with van der Waals surface area (Å²) in [5.74, 6) is -0.306. The molecule has 0 heterocycles. The zero-order chi connectivity index (χ0) is 11.2. The van der Waals surface area contributed by atoms with Crippen LogP contribution in [0.15, 0.2) is 12.2 Å². The highest BCUT2D eigenvalue weighted by Crippen LogP contribution is 2.46. The van der Waals surface area contributed by atoms with Gasteiger partial charge in [-0.05, 0) is 37.5 Å². The Morgan fingerprint density at radius 3 is 2.60 bits per heavy atom. The van der Waals surface area contributed by atoms with Crippen LogP contribution in [-0.2, 0) is 4.79 Å². The maximum absolute atomic E-state index is 10.9. The van der Waals surface area contributed by atoms with E-state index in [-0.39, 0.29) is 5.92 Å². The van der Waals surface area contributed by atoms with Crippen LogP contribution in [0.4, 0.5) is 0 Å². The Kier molecular flexibility index (Phi) is 2.35. The van der Waals surface area contributed by atoms with Gasteiger partial charge in [0, 0.05) is 0 Å². The van der Waals surface area contributed by atoms with E-state index in [1.54, 1.807) is 0 Å². The largest absolute Gasteiger partial charge is 0.480 e. The van der Waals surface area contributed by atoms with E-state index in [1.807, 2.05) is 0 Å². The third kappa shape index (κ3) is 1.58. The molecule has 84 valence electrons. The molecule has 1 fully saturated rings. The first kappa shape index (κ1) is 10.6. The highest BCUT2D eigenvalue weighted by Gasteiger charge is 2.48. The second-order valence-electron chi connectivity index (χ2n) is 4.98. The first-order chi connectivity index (χ1) is 6.93. The van der Waals surface area contributed by atoms with Gasteiger partial charge in [-0.1, -0.05) is 12.2 Å². The average molecular weight is 211 g/mol. The van der Waals surface area contributed by atoms with E-state index >= 15 is 0 Å². The van der Waals surface area contributed by atoms with Crippen LogP contribution in [0.1, 0.15) is 19.8 Å². The Bertz CT molecular complexity index is 311. The molecule has 2 aliphatic carbocycles. The van der Waals surface area contributed by atoms with Gasteiger partial charge >= 0.3 is 5.97 Å². The Morgan fingerprint density at radius 1 is 1.53 bits per heavy atom. The van der Waals surface area contributed by atoms with Gasteiger partial charge in [-0.2, -0.15) is 0 Å². The van der Waals surface area contributed by atoms with E-state index in [4.69, 9.17) is 10.8 Å². The van der Waals surface area contributed by atoms with Crippen molar-refractivity contribution >= 4 is 5.97 Å². The van der Waals surface area contributed by atoms with Gasteiger partial charge in [0.05, 0.1) is 6.10 Å². The SMILES string of the molecule is C[C@](N)(C(=O)O)[C@H](O)C1CC2C=CC1C2. The fourth-order valence-electron chi connectivity index (χ4n) is 2.76. The summed E-state index contributed by atoms with van der Waals surface area (Å²) < 4.78 is 0. The molecule has 3 unspecified atom stereocenters. The van der Waals surface area contributed by atoms with Crippen molar-refractivity contribution < 1.29 is 15.0 Å². The molecule has 0 aliphatic heterocycles. The van der Waals surface area contributed by atoms with Crippen LogP contribution >= 0.6 is 0 Å². The zero-order valence-corrected chi connectivity index (χ0v) is 8.76. The number of hydrogen-bond donors (Lipinski definition) is 3. The number of fused-ring (bicyclic) bond motifs is 2. The van der Waals surface area contributed by atoms with E-state index in [2.05, 4.69) is 12.2 Å². The van der Waals surface area contributed by atoms with Gasteiger partial charge in [-0.3, -0.25) is 4.79 Å². The Balaban J connectivity index is 2.12. The number of hydrogen-bond acceptors (Lipinski definition) is 3. The molecule has 4 heteroatoms. The Morgan fingerprint density at radius 2 is 2.20 bits per heavy atom. The summed E-state index contributed by atoms with van der Waals surface area (Å²) in [4.78, 5) is 10.9. The van der Waals surface area contributed by atoms with Gasteiger partial charge in [0.25, 0.3) is 0 Å². The van der Waals surface area contributed by atoms with Crippen LogP contribution in [0.2, 0.25) is 0 Å². The third-order valence-electron chi connectivity index (χ3n) is 3.81. The first-order valence-electron chi connectivity index (χ1n) is 5.31. The van der Waals surface area contributed by atoms with Crippen molar-refractivity contribution in [2.24, 2.45) is 23.5 Å². The van der Waals surface area contributed by atoms with Crippen LogP contribution in [-0.4, -0.2) is 27.8 Å². The molecule has 0 amide bonds. The van der Waals surface area contributed by atoms with Gasteiger partial charge in [0.1, 0.15) is 5.54 Å². The molecule has 0 spiro atoms. The van der Waals surface area contributed by atoms with Crippen LogP contribution < -0.4 is 5.73 Å². The van der Waals surface area contributed by atoms with Crippen molar-refractivity contribution in [3.8, 4) is 0 Å². The fourth-order valence-corrected chi connectivity index (χ4v) is 2.76. The normalized spacial score (nSPS) is 39.0. The molecule has 2 rings (SSSR count). The molecule has 2 aliphatic rings. The van der Waals surface area contributed by atoms with E-state index in [0.29, 0.717) is 11.8 Å². The van der Waals surface area contributed by atoms with Gasteiger partial charge < -0.3 is 15.9 Å². The molecular weight excluding hydrogens is 194 g/mol. The molecule has 5 atom stereocenters. The zero-order valence-electron chi connectivity index (χ0n) is 8.76. The summed E-state index contributed by atoms with van der Waals surface area (Å²) >= 11 is 0. The Hall–Kier alpha value is -0.870. The second kappa shape index (κ2) is 3.32. The summed E-state index contributed by atoms with van der Waals surface area (Å²) in [5.41, 5.74) is 4.10. The minimum absolute atomic E-state index is 0.00565. The Labute approximate surface area is 88.8 Å². The van der Waals surface area contributed by atoms with Crippen molar-refractivity contribution in [1.82, 2.24) is 0 Å². The fraction of sp³-hybridized carbons (Fsp3) is 0.727. The number of allylic oxidation sites excluding steroid dienone is 2. The summed E-state index contributed by atoms with van der Waals surface area (Å²) in [7, 11) is 0. The quantitative estimate of drug-likeness (QED) is 0.589. The van der Waals surface area contributed by atoms with Crippen molar-refractivity contribution in [3.05, 3.63) is 12.2 Å². The van der Waals surface area contributed by atoms with E-state index in [0.717, 1.165) is 12.8 Å². The molecule has 2 bridgehead atoms. The number of aliphatic hydroxyl groups is 1. The van der Waals surface area contributed by atoms with Crippen LogP contribution in [0, 0.1) is 17.8 Å². The summed E-state index contributed by atoms with van der Waals surface area (Å²) in [5, 5.41) is 19.0. The van der Waals surface area contributed by atoms with Gasteiger partial charge in [-0.25, -0.2) is 0 Å². The lowest BCUT2D eigenvalue weighted by Gasteiger charge is -2.33. The van der Waals surface area contributed by atoms with Crippen LogP contribution in [0.25, 0.3) is 0 Å². The number of carboxylic acids is 1. The maximum atomic E-state index is 10.9. The van der Waals surface area contributed by atoms with Crippen molar-refractivity contribution in [2.75, 3.05) is 0 Å². The number of carbonyl (C=O) groups is 1. The molecular formula is C11H17NO3. The molecule has 0 aromatic carbocycles. The average Bonchev–Trinajstić information content (AvgIpc) is 2.76. The molecule has 15 heavy (non-hydrogen) atoms. The molecule has 1 saturated carbocycles. The van der Waals surface area contributed by atoms with Gasteiger partial charge in [0.2, 0.25) is 0 Å². The molecule has 4 nitrogen and oxygen atoms in total. The van der Waals surface area contributed by atoms with Crippen molar-refractivity contribution in [1.29, 1.82) is 0 Å². The molecule has 0 radical (unpaired) electrons. The standard InChI is InChI=1S/C11H17NO3/c1-11(12,10(14)15)9(13)8-5-6-2-3-7(8)4-6/h2-3,6-9,13H,4-5,12H2,1H3,(H,14,15)/t6?,7?,8?,9-,11-/m1/s1. The lowest BCUT2D eigenvalue weighted by molar-refractivity contribution is -0.149. The van der Waals surface area contributed by atoms with Crippen molar-refractivity contribution in [3.63, 3.8) is 0 Å². The predicted molar refractivity (Wildman–Crippen MR) is 55.1 cm³/mol. The topological polar surface area (TPSA) is 83.6 Å². The molecule has 0 aromatic rings. The predicted octanol–water partition coefficient (Wildman–Crippen LogP) is 0.362. The van der Waals surface area contributed by atoms with Crippen LogP contribution in [0.5, 0.6) is 0 Å². The lowest BCUT2D eigenvalue weighted by Crippen LogP contribution is -2.58. The first-order valence-corrected chi connectivity index (χ1v) is 5.31. The number of rotatable bonds is 3. The molecule has 0 aromatic heterocycles. The summed E-state index contributed by atoms with van der Waals surface area (Å²) in [6.07, 6.45) is 5.18. The van der Waals surface area contributed by atoms with Gasteiger partial charge in [0.15, 0.2) is 0 Å². The number of carboxylic acid groups (broad SMARTS) is 1. The van der Waals surface area contributed by atoms with E-state index in [9.17, 15) is 9.90 Å². The lowest BCUT2D eigenvalue weighted by atomic mass is 9.79. The molecule has 4 N–H and O–H groups in total. The van der Waals surface area contributed by atoms with Crippen LogP contribution in [0.3, 0.4) is 0 Å². The minimum atomic E-state index is -1.54.